The largest absolute Gasteiger partial charge is 0.486 e. The number of carbonyl (C=O) groups is 1. The number of halogens is 2. The van der Waals surface area contributed by atoms with Crippen LogP contribution >= 0.6 is 23.2 Å². The van der Waals surface area contributed by atoms with Gasteiger partial charge in [-0.2, -0.15) is 0 Å². The maximum atomic E-state index is 12.8. The molecule has 1 amide bonds. The lowest BCUT2D eigenvalue weighted by Crippen LogP contribution is -2.43. The number of benzene rings is 2. The standard InChI is InChI=1S/C23H26Cl2N2O5S/c1-15(18-3-5-21-22(13-18)32-11-10-31-21)26-23(28)17-6-8-27(9-7-17)33(29,30)14-16-2-4-19(24)20(25)12-16/h2-5,12-13,15,17H,6-11,14H2,1H3,(H,26,28)/t15-/m1/s1. The third-order valence-corrected chi connectivity index (χ3v) is 8.57. The summed E-state index contributed by atoms with van der Waals surface area (Å²) in [5.74, 6) is 0.931. The fraction of sp³-hybridized carbons (Fsp3) is 0.435. The molecule has 0 radical (unpaired) electrons. The first kappa shape index (κ1) is 24.1. The van der Waals surface area contributed by atoms with E-state index < -0.39 is 10.0 Å². The molecule has 0 aromatic heterocycles. The molecule has 0 aliphatic carbocycles. The highest BCUT2D eigenvalue weighted by Crippen LogP contribution is 2.33. The van der Waals surface area contributed by atoms with E-state index in [4.69, 9.17) is 32.7 Å². The van der Waals surface area contributed by atoms with Crippen molar-refractivity contribution in [3.63, 3.8) is 0 Å². The second kappa shape index (κ2) is 10.1. The van der Waals surface area contributed by atoms with Crippen LogP contribution in [0.25, 0.3) is 0 Å². The van der Waals surface area contributed by atoms with Crippen LogP contribution in [0.1, 0.15) is 36.9 Å². The van der Waals surface area contributed by atoms with Crippen molar-refractivity contribution in [2.45, 2.75) is 31.6 Å². The fourth-order valence-corrected chi connectivity index (χ4v) is 5.94. The SMILES string of the molecule is C[C@@H](NC(=O)C1CCN(S(=O)(=O)Cc2ccc(Cl)c(Cl)c2)CC1)c1ccc2c(c1)OCCO2. The summed E-state index contributed by atoms with van der Waals surface area (Å²) in [6.07, 6.45) is 0.945. The van der Waals surface area contributed by atoms with Crippen molar-refractivity contribution in [1.82, 2.24) is 9.62 Å². The van der Waals surface area contributed by atoms with Gasteiger partial charge in [0.25, 0.3) is 0 Å². The Morgan fingerprint density at radius 2 is 1.76 bits per heavy atom. The average molecular weight is 513 g/mol. The van der Waals surface area contributed by atoms with Crippen LogP contribution in [0.15, 0.2) is 36.4 Å². The summed E-state index contributed by atoms with van der Waals surface area (Å²) in [5, 5.41) is 3.76. The lowest BCUT2D eigenvalue weighted by molar-refractivity contribution is -0.126. The van der Waals surface area contributed by atoms with Crippen LogP contribution in [-0.4, -0.2) is 44.9 Å². The molecule has 0 spiro atoms. The number of rotatable bonds is 6. The van der Waals surface area contributed by atoms with Gasteiger partial charge >= 0.3 is 0 Å². The number of ether oxygens (including phenoxy) is 2. The zero-order valence-electron chi connectivity index (χ0n) is 18.2. The van der Waals surface area contributed by atoms with Crippen LogP contribution in [0.4, 0.5) is 0 Å². The summed E-state index contributed by atoms with van der Waals surface area (Å²) < 4.78 is 38.3. The second-order valence-corrected chi connectivity index (χ2v) is 11.1. The molecule has 2 aliphatic heterocycles. The molecule has 2 aromatic rings. The minimum absolute atomic E-state index is 0.0704. The Morgan fingerprint density at radius 3 is 2.45 bits per heavy atom. The summed E-state index contributed by atoms with van der Waals surface area (Å²) >= 11 is 11.9. The minimum Gasteiger partial charge on any atom is -0.486 e. The second-order valence-electron chi connectivity index (χ2n) is 8.31. The molecule has 0 unspecified atom stereocenters. The highest BCUT2D eigenvalue weighted by atomic mass is 35.5. The van der Waals surface area contributed by atoms with Crippen LogP contribution in [0.5, 0.6) is 11.5 Å². The van der Waals surface area contributed by atoms with Gasteiger partial charge in [-0.15, -0.1) is 0 Å². The third-order valence-electron chi connectivity index (χ3n) is 5.98. The van der Waals surface area contributed by atoms with Crippen molar-refractivity contribution in [3.8, 4) is 11.5 Å². The smallest absolute Gasteiger partial charge is 0.223 e. The molecule has 0 bridgehead atoms. The van der Waals surface area contributed by atoms with Gasteiger partial charge in [-0.05, 0) is 55.2 Å². The van der Waals surface area contributed by atoms with Crippen molar-refractivity contribution in [3.05, 3.63) is 57.6 Å². The van der Waals surface area contributed by atoms with Crippen LogP contribution < -0.4 is 14.8 Å². The first-order valence-corrected chi connectivity index (χ1v) is 13.2. The molecular formula is C23H26Cl2N2O5S. The van der Waals surface area contributed by atoms with E-state index in [0.29, 0.717) is 66.3 Å². The first-order valence-electron chi connectivity index (χ1n) is 10.8. The lowest BCUT2D eigenvalue weighted by Gasteiger charge is -2.31. The van der Waals surface area contributed by atoms with Gasteiger partial charge in [0.1, 0.15) is 13.2 Å². The Hall–Kier alpha value is -2.00. The molecule has 7 nitrogen and oxygen atoms in total. The Balaban J connectivity index is 1.31. The monoisotopic (exact) mass is 512 g/mol. The number of hydrogen-bond donors (Lipinski definition) is 1. The molecule has 1 fully saturated rings. The van der Waals surface area contributed by atoms with E-state index >= 15 is 0 Å². The highest BCUT2D eigenvalue weighted by molar-refractivity contribution is 7.88. The summed E-state index contributed by atoms with van der Waals surface area (Å²) in [6.45, 7) is 3.56. The number of sulfonamides is 1. The molecule has 10 heteroatoms. The highest BCUT2D eigenvalue weighted by Gasteiger charge is 2.32. The third kappa shape index (κ3) is 5.74. The van der Waals surface area contributed by atoms with Crippen molar-refractivity contribution < 1.29 is 22.7 Å². The summed E-state index contributed by atoms with van der Waals surface area (Å²) in [4.78, 5) is 12.8. The zero-order valence-corrected chi connectivity index (χ0v) is 20.5. The predicted octanol–water partition coefficient (Wildman–Crippen LogP) is 4.18. The predicted molar refractivity (Wildman–Crippen MR) is 127 cm³/mol. The molecule has 33 heavy (non-hydrogen) atoms. The average Bonchev–Trinajstić information content (AvgIpc) is 2.81. The van der Waals surface area contributed by atoms with Crippen LogP contribution in [-0.2, 0) is 20.6 Å². The van der Waals surface area contributed by atoms with Gasteiger partial charge in [-0.1, -0.05) is 35.3 Å². The van der Waals surface area contributed by atoms with Crippen molar-refractivity contribution in [2.75, 3.05) is 26.3 Å². The Labute approximate surface area is 204 Å². The van der Waals surface area contributed by atoms with Crippen molar-refractivity contribution in [2.24, 2.45) is 5.92 Å². The van der Waals surface area contributed by atoms with Crippen LogP contribution in [0, 0.1) is 5.92 Å². The van der Waals surface area contributed by atoms with Crippen LogP contribution in [0.2, 0.25) is 10.0 Å². The molecular weight excluding hydrogens is 487 g/mol. The number of carbonyl (C=O) groups excluding carboxylic acids is 1. The topological polar surface area (TPSA) is 84.9 Å². The minimum atomic E-state index is -3.52. The quantitative estimate of drug-likeness (QED) is 0.627. The molecule has 1 atom stereocenters. The normalized spacial score (nSPS) is 18.0. The van der Waals surface area contributed by atoms with Gasteiger partial charge in [-0.3, -0.25) is 4.79 Å². The number of amides is 1. The molecule has 178 valence electrons. The van der Waals surface area contributed by atoms with E-state index in [9.17, 15) is 13.2 Å². The molecule has 1 saturated heterocycles. The van der Waals surface area contributed by atoms with E-state index in [0.717, 1.165) is 5.56 Å². The molecule has 0 saturated carbocycles. The molecule has 4 rings (SSSR count). The molecule has 2 heterocycles. The maximum Gasteiger partial charge on any atom is 0.223 e. The van der Waals surface area contributed by atoms with E-state index in [1.807, 2.05) is 25.1 Å². The van der Waals surface area contributed by atoms with Gasteiger partial charge in [0.2, 0.25) is 15.9 Å². The van der Waals surface area contributed by atoms with Crippen molar-refractivity contribution in [1.29, 1.82) is 0 Å². The Morgan fingerprint density at radius 1 is 1.06 bits per heavy atom. The summed E-state index contributed by atoms with van der Waals surface area (Å²) in [5.41, 5.74) is 1.51. The number of nitrogens with one attached hydrogen (secondary N) is 1. The Kier molecular flexibility index (Phi) is 7.38. The maximum absolute atomic E-state index is 12.8. The number of hydrogen-bond acceptors (Lipinski definition) is 5. The Bertz CT molecular complexity index is 1130. The number of fused-ring (bicyclic) bond motifs is 1. The molecule has 2 aliphatic rings. The van der Waals surface area contributed by atoms with Gasteiger partial charge < -0.3 is 14.8 Å². The van der Waals surface area contributed by atoms with Gasteiger partial charge in [0.05, 0.1) is 21.8 Å². The lowest BCUT2D eigenvalue weighted by atomic mass is 9.96. The first-order chi connectivity index (χ1) is 15.7. The number of piperidine rings is 1. The zero-order chi connectivity index (χ0) is 23.6. The summed E-state index contributed by atoms with van der Waals surface area (Å²) in [6, 6.07) is 10.3. The number of nitrogens with zero attached hydrogens (tertiary/aromatic N) is 1. The molecule has 2 aromatic carbocycles. The molecule has 1 N–H and O–H groups in total. The van der Waals surface area contributed by atoms with Gasteiger partial charge in [0.15, 0.2) is 11.5 Å². The fourth-order valence-electron chi connectivity index (χ4n) is 4.07. The van der Waals surface area contributed by atoms with E-state index in [1.165, 1.54) is 4.31 Å². The van der Waals surface area contributed by atoms with Gasteiger partial charge in [-0.25, -0.2) is 12.7 Å². The van der Waals surface area contributed by atoms with E-state index in [2.05, 4.69) is 5.32 Å². The van der Waals surface area contributed by atoms with Crippen LogP contribution in [0.3, 0.4) is 0 Å². The van der Waals surface area contributed by atoms with Gasteiger partial charge in [0, 0.05) is 19.0 Å². The summed E-state index contributed by atoms with van der Waals surface area (Å²) in [7, 11) is -3.52. The van der Waals surface area contributed by atoms with E-state index in [-0.39, 0.29) is 23.6 Å². The van der Waals surface area contributed by atoms with Crippen molar-refractivity contribution >= 4 is 39.1 Å². The van der Waals surface area contributed by atoms with E-state index in [1.54, 1.807) is 18.2 Å².